The van der Waals surface area contributed by atoms with Crippen molar-refractivity contribution in [1.82, 2.24) is 28.7 Å². The zero-order valence-electron chi connectivity index (χ0n) is 33.7. The van der Waals surface area contributed by atoms with E-state index in [0.717, 1.165) is 57.0 Å². The molecule has 4 aromatic heterocycles. The number of hydrogen-bond donors (Lipinski definition) is 0. The fourth-order valence-electron chi connectivity index (χ4n) is 12.7. The summed E-state index contributed by atoms with van der Waals surface area (Å²) >= 11 is 0. The minimum absolute atomic E-state index is 0.584. The van der Waals surface area contributed by atoms with Gasteiger partial charge in [0.2, 0.25) is 11.9 Å². The monoisotopic (exact) mass is 786 g/mol. The molecule has 0 unspecified atom stereocenters. The summed E-state index contributed by atoms with van der Waals surface area (Å²) in [5.41, 5.74) is 10.2. The molecule has 0 aliphatic heterocycles. The van der Waals surface area contributed by atoms with E-state index in [1.807, 2.05) is 0 Å². The third kappa shape index (κ3) is 4.87. The van der Waals surface area contributed by atoms with E-state index in [1.54, 1.807) is 0 Å². The molecule has 0 radical (unpaired) electrons. The van der Waals surface area contributed by atoms with Gasteiger partial charge in [-0.25, -0.2) is 0 Å². The molecule has 0 spiro atoms. The normalized spacial score (nSPS) is 21.0. The first-order valence-electron chi connectivity index (χ1n) is 22.1. The third-order valence-electron chi connectivity index (χ3n) is 14.9. The maximum absolute atomic E-state index is 5.50. The van der Waals surface area contributed by atoms with Gasteiger partial charge in [0.25, 0.3) is 0 Å². The zero-order valence-corrected chi connectivity index (χ0v) is 33.7. The molecular weight excluding hydrogens is 745 g/mol. The van der Waals surface area contributed by atoms with E-state index in [2.05, 4.69) is 177 Å². The van der Waals surface area contributed by atoms with Gasteiger partial charge in [0.05, 0.1) is 38.8 Å². The molecule has 4 heterocycles. The molecule has 0 saturated heterocycles. The molecule has 7 aromatic carbocycles. The predicted octanol–water partition coefficient (Wildman–Crippen LogP) is 13.4. The Morgan fingerprint density at radius 1 is 0.361 bits per heavy atom. The van der Waals surface area contributed by atoms with E-state index in [0.29, 0.717) is 23.6 Å². The Kier molecular flexibility index (Phi) is 7.04. The van der Waals surface area contributed by atoms with E-state index in [9.17, 15) is 0 Å². The molecule has 6 heteroatoms. The van der Waals surface area contributed by atoms with Crippen LogP contribution in [0.5, 0.6) is 0 Å². The van der Waals surface area contributed by atoms with Crippen molar-refractivity contribution in [2.24, 2.45) is 23.7 Å². The maximum Gasteiger partial charge on any atom is 0.240 e. The second-order valence-electron chi connectivity index (χ2n) is 18.1. The molecule has 4 fully saturated rings. The highest BCUT2D eigenvalue weighted by Crippen LogP contribution is 2.60. The van der Waals surface area contributed by atoms with Crippen LogP contribution in [-0.2, 0) is 0 Å². The summed E-state index contributed by atoms with van der Waals surface area (Å²) < 4.78 is 6.92. The van der Waals surface area contributed by atoms with Gasteiger partial charge in [-0.3, -0.25) is 9.13 Å². The minimum Gasteiger partial charge on any atom is -0.308 e. The van der Waals surface area contributed by atoms with Crippen LogP contribution in [-0.4, -0.2) is 28.7 Å². The van der Waals surface area contributed by atoms with Crippen LogP contribution >= 0.6 is 0 Å². The lowest BCUT2D eigenvalue weighted by atomic mass is 9.51. The van der Waals surface area contributed by atoms with E-state index < -0.39 is 0 Å². The Morgan fingerprint density at radius 3 is 1.26 bits per heavy atom. The highest BCUT2D eigenvalue weighted by atomic mass is 15.3. The molecule has 15 rings (SSSR count). The number of nitrogens with zero attached hydrogens (tertiary/aromatic N) is 6. The number of benzene rings is 7. The van der Waals surface area contributed by atoms with Crippen LogP contribution in [0.4, 0.5) is 0 Å². The highest BCUT2D eigenvalue weighted by molar-refractivity contribution is 6.11. The van der Waals surface area contributed by atoms with Gasteiger partial charge in [0.15, 0.2) is 5.82 Å². The van der Waals surface area contributed by atoms with Crippen molar-refractivity contribution in [2.45, 2.75) is 38.0 Å². The van der Waals surface area contributed by atoms with E-state index in [4.69, 9.17) is 15.0 Å². The second-order valence-corrected chi connectivity index (χ2v) is 18.1. The van der Waals surface area contributed by atoms with Crippen LogP contribution < -0.4 is 0 Å². The lowest BCUT2D eigenvalue weighted by molar-refractivity contribution is -0.00274. The number of rotatable bonds is 5. The SMILES string of the molecule is c1ccc(-n2c3ccccc3c3ccc(C4C5CC6CC(C5)CC4C6)cc32)c(-c2nc(-n3c4ccccc4c4ccccc43)nc(-n3c4ccccc4c4ccccc43)n2)c1. The van der Waals surface area contributed by atoms with Crippen LogP contribution in [0.1, 0.15) is 43.6 Å². The second kappa shape index (κ2) is 12.7. The van der Waals surface area contributed by atoms with Crippen molar-refractivity contribution in [3.63, 3.8) is 0 Å². The van der Waals surface area contributed by atoms with Crippen molar-refractivity contribution in [2.75, 3.05) is 0 Å². The topological polar surface area (TPSA) is 53.5 Å². The maximum atomic E-state index is 5.50. The first-order chi connectivity index (χ1) is 30.2. The van der Waals surface area contributed by atoms with Gasteiger partial charge in [-0.05, 0) is 116 Å². The average molecular weight is 787 g/mol. The standard InChI is InChI=1S/C55H42N6/c1-7-19-45-42(17-1)43-26-25-35(52-36-28-33-27-34(30-36)31-37(52)29-33)32-51(43)59(45)50-24-12-6-18-44(50)53-56-54(60-46-20-8-2-13-38(46)39-14-3-9-21-47(39)60)58-55(57-53)61-48-22-10-4-15-40(48)41-16-5-11-23-49(41)61/h1-26,32-34,36-37,52H,27-31H2. The Labute approximate surface area is 352 Å². The smallest absolute Gasteiger partial charge is 0.240 e. The Hall–Kier alpha value is -7.05. The molecule has 0 atom stereocenters. The van der Waals surface area contributed by atoms with Gasteiger partial charge < -0.3 is 4.57 Å². The fraction of sp³-hybridized carbons (Fsp3) is 0.182. The van der Waals surface area contributed by atoms with Gasteiger partial charge in [-0.2, -0.15) is 15.0 Å². The van der Waals surface area contributed by atoms with Crippen LogP contribution in [0.2, 0.25) is 0 Å². The van der Waals surface area contributed by atoms with Gasteiger partial charge in [0.1, 0.15) is 0 Å². The summed E-state index contributed by atoms with van der Waals surface area (Å²) in [5, 5.41) is 7.21. The molecule has 61 heavy (non-hydrogen) atoms. The summed E-state index contributed by atoms with van der Waals surface area (Å²) in [5.74, 6) is 5.94. The first kappa shape index (κ1) is 33.7. The molecule has 6 nitrogen and oxygen atoms in total. The summed E-state index contributed by atoms with van der Waals surface area (Å²) in [4.78, 5) is 16.4. The molecule has 0 amide bonds. The van der Waals surface area contributed by atoms with Crippen molar-refractivity contribution < 1.29 is 0 Å². The van der Waals surface area contributed by atoms with Crippen LogP contribution in [0.25, 0.3) is 94.4 Å². The van der Waals surface area contributed by atoms with E-state index in [-0.39, 0.29) is 0 Å². The Balaban J connectivity index is 1.04. The molecule has 292 valence electrons. The quantitative estimate of drug-likeness (QED) is 0.175. The van der Waals surface area contributed by atoms with E-state index in [1.165, 1.54) is 81.0 Å². The third-order valence-corrected chi connectivity index (χ3v) is 14.9. The van der Waals surface area contributed by atoms with Crippen molar-refractivity contribution in [3.05, 3.63) is 169 Å². The van der Waals surface area contributed by atoms with Gasteiger partial charge in [0, 0.05) is 37.9 Å². The molecule has 11 aromatic rings. The number of hydrogen-bond acceptors (Lipinski definition) is 3. The van der Waals surface area contributed by atoms with Crippen LogP contribution in [0, 0.1) is 23.7 Å². The predicted molar refractivity (Wildman–Crippen MR) is 248 cm³/mol. The number of aromatic nitrogens is 6. The molecular formula is C55H42N6. The molecule has 4 aliphatic rings. The summed E-state index contributed by atoms with van der Waals surface area (Å²) in [6.07, 6.45) is 7.10. The molecule has 4 aliphatic carbocycles. The average Bonchev–Trinajstić information content (AvgIpc) is 3.94. The molecule has 4 saturated carbocycles. The van der Waals surface area contributed by atoms with Gasteiger partial charge >= 0.3 is 0 Å². The molecule has 4 bridgehead atoms. The minimum atomic E-state index is 0.584. The molecule has 0 N–H and O–H groups in total. The zero-order chi connectivity index (χ0) is 39.8. The highest BCUT2D eigenvalue weighted by Gasteiger charge is 2.48. The van der Waals surface area contributed by atoms with Gasteiger partial charge in [-0.1, -0.05) is 115 Å². The Bertz CT molecular complexity index is 3320. The first-order valence-corrected chi connectivity index (χ1v) is 22.1. The summed E-state index contributed by atoms with van der Waals surface area (Å²) in [6.45, 7) is 0. The van der Waals surface area contributed by atoms with Crippen molar-refractivity contribution in [3.8, 4) is 29.0 Å². The van der Waals surface area contributed by atoms with Crippen LogP contribution in [0.15, 0.2) is 164 Å². The number of para-hydroxylation sites is 6. The van der Waals surface area contributed by atoms with Crippen molar-refractivity contribution in [1.29, 1.82) is 0 Å². The summed E-state index contributed by atoms with van der Waals surface area (Å²) in [7, 11) is 0. The fourth-order valence-corrected chi connectivity index (χ4v) is 12.7. The lowest BCUT2D eigenvalue weighted by Crippen LogP contribution is -2.43. The van der Waals surface area contributed by atoms with E-state index >= 15 is 0 Å². The Morgan fingerprint density at radius 2 is 0.770 bits per heavy atom. The largest absolute Gasteiger partial charge is 0.308 e. The number of fused-ring (bicyclic) bond motifs is 9. The van der Waals surface area contributed by atoms with Crippen molar-refractivity contribution >= 4 is 65.4 Å². The lowest BCUT2D eigenvalue weighted by Gasteiger charge is -2.54. The van der Waals surface area contributed by atoms with Gasteiger partial charge in [-0.15, -0.1) is 0 Å². The van der Waals surface area contributed by atoms with Crippen LogP contribution in [0.3, 0.4) is 0 Å². The summed E-state index contributed by atoms with van der Waals surface area (Å²) in [6, 6.07) is 59.4.